The molecule has 0 aliphatic heterocycles. The summed E-state index contributed by atoms with van der Waals surface area (Å²) >= 11 is 6.01. The summed E-state index contributed by atoms with van der Waals surface area (Å²) in [4.78, 5) is 22.7. The second-order valence-corrected chi connectivity index (χ2v) is 6.42. The Kier molecular flexibility index (Phi) is 6.58. The molecule has 0 unspecified atom stereocenters. The van der Waals surface area contributed by atoms with E-state index in [0.717, 1.165) is 17.7 Å². The Morgan fingerprint density at radius 2 is 1.96 bits per heavy atom. The highest BCUT2D eigenvalue weighted by Crippen LogP contribution is 2.30. The average molecular weight is 377 g/mol. The zero-order valence-electron chi connectivity index (χ0n) is 14.9. The smallest absolute Gasteiger partial charge is 0.271 e. The lowest BCUT2D eigenvalue weighted by atomic mass is 9.97. The minimum absolute atomic E-state index is 0.0823. The zero-order valence-corrected chi connectivity index (χ0v) is 15.6. The highest BCUT2D eigenvalue weighted by atomic mass is 35.5. The van der Waals surface area contributed by atoms with Gasteiger partial charge < -0.3 is 10.1 Å². The van der Waals surface area contributed by atoms with Gasteiger partial charge in [0.2, 0.25) is 0 Å². The number of nitrogens with one attached hydrogen (secondary N) is 1. The Morgan fingerprint density at radius 1 is 1.27 bits per heavy atom. The van der Waals surface area contributed by atoms with Gasteiger partial charge in [-0.25, -0.2) is 0 Å². The van der Waals surface area contributed by atoms with Crippen LogP contribution in [0.15, 0.2) is 42.5 Å². The molecular weight excluding hydrogens is 356 g/mol. The van der Waals surface area contributed by atoms with E-state index in [1.807, 2.05) is 24.3 Å². The molecule has 1 N–H and O–H groups in total. The summed E-state index contributed by atoms with van der Waals surface area (Å²) in [7, 11) is 0. The molecule has 0 fully saturated rings. The van der Waals surface area contributed by atoms with Crippen LogP contribution in [0.3, 0.4) is 0 Å². The molecule has 0 heterocycles. The van der Waals surface area contributed by atoms with Crippen LogP contribution in [0.1, 0.15) is 38.7 Å². The molecule has 1 amide bonds. The molecule has 0 aliphatic carbocycles. The monoisotopic (exact) mass is 376 g/mol. The van der Waals surface area contributed by atoms with Gasteiger partial charge in [-0.15, -0.1) is 0 Å². The van der Waals surface area contributed by atoms with Crippen molar-refractivity contribution >= 4 is 28.9 Å². The van der Waals surface area contributed by atoms with Crippen molar-refractivity contribution in [2.45, 2.75) is 39.2 Å². The number of nitro groups is 1. The van der Waals surface area contributed by atoms with E-state index < -0.39 is 11.0 Å². The first-order chi connectivity index (χ1) is 12.3. The van der Waals surface area contributed by atoms with E-state index in [0.29, 0.717) is 5.92 Å². The minimum Gasteiger partial charge on any atom is -0.479 e. The number of ether oxygens (including phenoxy) is 1. The lowest BCUT2D eigenvalue weighted by Crippen LogP contribution is -2.30. The Balaban J connectivity index is 2.10. The number of benzene rings is 2. The van der Waals surface area contributed by atoms with Crippen molar-refractivity contribution in [1.29, 1.82) is 0 Å². The highest BCUT2D eigenvalue weighted by molar-refractivity contribution is 6.32. The van der Waals surface area contributed by atoms with E-state index in [1.54, 1.807) is 6.92 Å². The average Bonchev–Trinajstić information content (AvgIpc) is 2.62. The van der Waals surface area contributed by atoms with Gasteiger partial charge in [0.15, 0.2) is 6.10 Å². The number of rotatable bonds is 7. The fourth-order valence-electron chi connectivity index (χ4n) is 2.44. The number of amides is 1. The topological polar surface area (TPSA) is 81.5 Å². The first-order valence-corrected chi connectivity index (χ1v) is 8.71. The molecular formula is C19H21ClN2O4. The number of nitro benzene ring substituents is 1. The molecule has 7 heteroatoms. The molecule has 138 valence electrons. The first kappa shape index (κ1) is 19.7. The number of nitrogens with zero attached hydrogens (tertiary/aromatic N) is 1. The maximum atomic E-state index is 12.5. The van der Waals surface area contributed by atoms with Gasteiger partial charge >= 0.3 is 0 Å². The van der Waals surface area contributed by atoms with Gasteiger partial charge in [-0.1, -0.05) is 43.6 Å². The summed E-state index contributed by atoms with van der Waals surface area (Å²) in [5.41, 5.74) is 1.67. The quantitative estimate of drug-likeness (QED) is 0.534. The van der Waals surface area contributed by atoms with E-state index in [9.17, 15) is 14.9 Å². The summed E-state index contributed by atoms with van der Waals surface area (Å²) in [6.45, 7) is 5.78. The van der Waals surface area contributed by atoms with Crippen molar-refractivity contribution in [3.05, 3.63) is 63.2 Å². The summed E-state index contributed by atoms with van der Waals surface area (Å²) in [5.74, 6) is 0.206. The highest BCUT2D eigenvalue weighted by Gasteiger charge is 2.19. The number of carbonyl (C=O) groups excluding carboxylic acids is 1. The Morgan fingerprint density at radius 3 is 2.58 bits per heavy atom. The van der Waals surface area contributed by atoms with Gasteiger partial charge in [0.05, 0.1) is 9.95 Å². The maximum Gasteiger partial charge on any atom is 0.271 e. The van der Waals surface area contributed by atoms with Gasteiger partial charge in [-0.2, -0.15) is 0 Å². The summed E-state index contributed by atoms with van der Waals surface area (Å²) in [6.07, 6.45) is 0.135. The van der Waals surface area contributed by atoms with Crippen molar-refractivity contribution in [3.8, 4) is 5.75 Å². The van der Waals surface area contributed by atoms with Crippen LogP contribution < -0.4 is 10.1 Å². The van der Waals surface area contributed by atoms with Crippen LogP contribution in [-0.4, -0.2) is 16.9 Å². The van der Waals surface area contributed by atoms with Crippen molar-refractivity contribution in [2.24, 2.45) is 0 Å². The normalized spacial score (nSPS) is 12.9. The number of hydrogen-bond donors (Lipinski definition) is 1. The molecule has 0 spiro atoms. The summed E-state index contributed by atoms with van der Waals surface area (Å²) < 4.78 is 5.57. The number of para-hydroxylation sites is 1. The number of halogens is 1. The first-order valence-electron chi connectivity index (χ1n) is 8.33. The number of hydrogen-bond acceptors (Lipinski definition) is 4. The molecule has 2 rings (SSSR count). The lowest BCUT2D eigenvalue weighted by Gasteiger charge is -2.19. The lowest BCUT2D eigenvalue weighted by molar-refractivity contribution is -0.384. The molecule has 0 aliphatic rings. The third kappa shape index (κ3) is 4.73. The van der Waals surface area contributed by atoms with Crippen molar-refractivity contribution < 1.29 is 14.5 Å². The van der Waals surface area contributed by atoms with Crippen LogP contribution >= 0.6 is 11.6 Å². The fourth-order valence-corrected chi connectivity index (χ4v) is 2.66. The Hall–Kier alpha value is -2.60. The van der Waals surface area contributed by atoms with Crippen LogP contribution in [0.2, 0.25) is 5.02 Å². The van der Waals surface area contributed by atoms with E-state index in [1.165, 1.54) is 18.2 Å². The zero-order chi connectivity index (χ0) is 19.3. The standard InChI is InChI=1S/C19H21ClN2O4/c1-4-12(2)15-7-5-6-8-17(15)21-19(23)13(3)26-18-10-9-14(22(24)25)11-16(18)20/h5-13H,4H2,1-3H3,(H,21,23)/t12-,13-/m1/s1. The van der Waals surface area contributed by atoms with Crippen LogP contribution in [0.4, 0.5) is 11.4 Å². The van der Waals surface area contributed by atoms with Crippen molar-refractivity contribution in [2.75, 3.05) is 5.32 Å². The third-order valence-electron chi connectivity index (χ3n) is 4.16. The predicted molar refractivity (Wildman–Crippen MR) is 102 cm³/mol. The van der Waals surface area contributed by atoms with Gasteiger partial charge in [-0.05, 0) is 37.0 Å². The van der Waals surface area contributed by atoms with E-state index in [4.69, 9.17) is 16.3 Å². The molecule has 2 atom stereocenters. The molecule has 2 aromatic carbocycles. The Labute approximate surface area is 157 Å². The SMILES string of the molecule is CC[C@@H](C)c1ccccc1NC(=O)[C@@H](C)Oc1ccc([N+](=O)[O-])cc1Cl. The van der Waals surface area contributed by atoms with Gasteiger partial charge in [-0.3, -0.25) is 14.9 Å². The molecule has 0 bridgehead atoms. The van der Waals surface area contributed by atoms with Crippen LogP contribution in [0.5, 0.6) is 5.75 Å². The van der Waals surface area contributed by atoms with Gasteiger partial charge in [0.1, 0.15) is 5.75 Å². The summed E-state index contributed by atoms with van der Waals surface area (Å²) in [5, 5.41) is 13.7. The van der Waals surface area contributed by atoms with Crippen molar-refractivity contribution in [3.63, 3.8) is 0 Å². The minimum atomic E-state index is -0.820. The molecule has 6 nitrogen and oxygen atoms in total. The van der Waals surface area contributed by atoms with E-state index in [-0.39, 0.29) is 22.4 Å². The largest absolute Gasteiger partial charge is 0.479 e. The number of carbonyl (C=O) groups is 1. The molecule has 0 aromatic heterocycles. The molecule has 0 radical (unpaired) electrons. The van der Waals surface area contributed by atoms with E-state index >= 15 is 0 Å². The Bertz CT molecular complexity index is 810. The second-order valence-electron chi connectivity index (χ2n) is 6.02. The number of anilines is 1. The number of non-ortho nitro benzene ring substituents is 1. The van der Waals surface area contributed by atoms with Gasteiger partial charge in [0.25, 0.3) is 11.6 Å². The molecule has 0 saturated carbocycles. The second kappa shape index (κ2) is 8.67. The van der Waals surface area contributed by atoms with Crippen LogP contribution in [0, 0.1) is 10.1 Å². The predicted octanol–water partition coefficient (Wildman–Crippen LogP) is 5.17. The van der Waals surface area contributed by atoms with Crippen LogP contribution in [0.25, 0.3) is 0 Å². The van der Waals surface area contributed by atoms with E-state index in [2.05, 4.69) is 19.2 Å². The van der Waals surface area contributed by atoms with Crippen LogP contribution in [-0.2, 0) is 4.79 Å². The molecule has 26 heavy (non-hydrogen) atoms. The third-order valence-corrected chi connectivity index (χ3v) is 4.46. The molecule has 0 saturated heterocycles. The fraction of sp³-hybridized carbons (Fsp3) is 0.316. The summed E-state index contributed by atoms with van der Waals surface area (Å²) in [6, 6.07) is 11.5. The molecule has 2 aromatic rings. The van der Waals surface area contributed by atoms with Crippen molar-refractivity contribution in [1.82, 2.24) is 0 Å². The maximum absolute atomic E-state index is 12.5. The van der Waals surface area contributed by atoms with Gasteiger partial charge in [0, 0.05) is 17.8 Å².